The van der Waals surface area contributed by atoms with Crippen LogP contribution in [0.5, 0.6) is 5.75 Å². The van der Waals surface area contributed by atoms with Gasteiger partial charge in [0.15, 0.2) is 5.78 Å². The Hall–Kier alpha value is -2.90. The number of phenols is 1. The molecule has 8 heteroatoms. The van der Waals surface area contributed by atoms with Crippen molar-refractivity contribution in [1.29, 1.82) is 0 Å². The minimum atomic E-state index is -0.982. The van der Waals surface area contributed by atoms with E-state index in [1.807, 2.05) is 0 Å². The Labute approximate surface area is 125 Å². The lowest BCUT2D eigenvalue weighted by molar-refractivity contribution is -0.142. The summed E-state index contributed by atoms with van der Waals surface area (Å²) in [5.41, 5.74) is 0.634. The highest BCUT2D eigenvalue weighted by Crippen LogP contribution is 2.28. The van der Waals surface area contributed by atoms with Gasteiger partial charge in [-0.15, -0.1) is 0 Å². The third-order valence-corrected chi connectivity index (χ3v) is 3.56. The Morgan fingerprint density at radius 2 is 2.23 bits per heavy atom. The Kier molecular flexibility index (Phi) is 3.50. The summed E-state index contributed by atoms with van der Waals surface area (Å²) in [6.45, 7) is 0.147. The van der Waals surface area contributed by atoms with E-state index >= 15 is 0 Å². The van der Waals surface area contributed by atoms with Gasteiger partial charge in [-0.1, -0.05) is 12.1 Å². The van der Waals surface area contributed by atoms with Gasteiger partial charge in [0.05, 0.1) is 18.8 Å². The molecule has 0 spiro atoms. The molecule has 1 aromatic carbocycles. The fourth-order valence-electron chi connectivity index (χ4n) is 2.48. The number of aliphatic imine (C=N–C) groups is 1. The van der Waals surface area contributed by atoms with Crippen molar-refractivity contribution in [1.82, 2.24) is 10.3 Å². The van der Waals surface area contributed by atoms with Gasteiger partial charge in [-0.05, 0) is 17.7 Å². The molecule has 2 atom stereocenters. The standard InChI is InChI=1S/C14H14N4O4/c19-9-3-1-2-8(4-9)12-11(13(21)22)6-15-14(17-12)18-7-10(20)5-16-18/h1-5,11-12,19H,6-7H2,(H,15,17)(H,21,22). The number of hydrogen-bond donors (Lipinski definition) is 3. The van der Waals surface area contributed by atoms with Crippen molar-refractivity contribution in [2.24, 2.45) is 16.0 Å². The highest BCUT2D eigenvalue weighted by molar-refractivity contribution is 6.30. The average molecular weight is 302 g/mol. The maximum atomic E-state index is 11.4. The van der Waals surface area contributed by atoms with E-state index in [4.69, 9.17) is 0 Å². The monoisotopic (exact) mass is 302 g/mol. The fourth-order valence-corrected chi connectivity index (χ4v) is 2.48. The number of nitrogens with one attached hydrogen (secondary N) is 1. The normalized spacial score (nSPS) is 24.1. The van der Waals surface area contributed by atoms with Gasteiger partial charge in [0.25, 0.3) is 0 Å². The van der Waals surface area contributed by atoms with Crippen molar-refractivity contribution >= 4 is 23.9 Å². The number of hydrazone groups is 1. The van der Waals surface area contributed by atoms with Crippen molar-refractivity contribution in [2.75, 3.05) is 13.1 Å². The van der Waals surface area contributed by atoms with Crippen LogP contribution in [0.1, 0.15) is 11.6 Å². The van der Waals surface area contributed by atoms with Crippen LogP contribution in [-0.2, 0) is 9.59 Å². The van der Waals surface area contributed by atoms with Crippen LogP contribution in [0.2, 0.25) is 0 Å². The molecule has 0 aliphatic carbocycles. The average Bonchev–Trinajstić information content (AvgIpc) is 2.93. The Bertz CT molecular complexity index is 685. The van der Waals surface area contributed by atoms with E-state index in [9.17, 15) is 19.8 Å². The molecule has 2 aliphatic heterocycles. The first-order valence-corrected chi connectivity index (χ1v) is 6.71. The molecule has 2 unspecified atom stereocenters. The van der Waals surface area contributed by atoms with E-state index in [1.54, 1.807) is 12.1 Å². The van der Waals surface area contributed by atoms with Crippen LogP contribution in [0.15, 0.2) is 34.4 Å². The molecule has 0 fully saturated rings. The topological polar surface area (TPSA) is 115 Å². The smallest absolute Gasteiger partial charge is 0.310 e. The molecule has 3 N–H and O–H groups in total. The number of carbonyl (C=O) groups excluding carboxylic acids is 1. The lowest BCUT2D eigenvalue weighted by Gasteiger charge is -2.32. The van der Waals surface area contributed by atoms with Crippen molar-refractivity contribution in [2.45, 2.75) is 6.04 Å². The summed E-state index contributed by atoms with van der Waals surface area (Å²) < 4.78 is 0. The van der Waals surface area contributed by atoms with Gasteiger partial charge in [-0.25, -0.2) is 5.01 Å². The van der Waals surface area contributed by atoms with Gasteiger partial charge in [0, 0.05) is 0 Å². The van der Waals surface area contributed by atoms with Crippen LogP contribution >= 0.6 is 0 Å². The van der Waals surface area contributed by atoms with E-state index in [1.165, 1.54) is 23.4 Å². The summed E-state index contributed by atoms with van der Waals surface area (Å²) in [6, 6.07) is 5.83. The third-order valence-electron chi connectivity index (χ3n) is 3.56. The number of aromatic hydroxyl groups is 1. The van der Waals surface area contributed by atoms with Crippen molar-refractivity contribution in [3.63, 3.8) is 0 Å². The molecule has 8 nitrogen and oxygen atoms in total. The summed E-state index contributed by atoms with van der Waals surface area (Å²) >= 11 is 0. The number of carboxylic acids is 1. The zero-order chi connectivity index (χ0) is 15.7. The van der Waals surface area contributed by atoms with Gasteiger partial charge >= 0.3 is 5.97 Å². The molecule has 0 saturated carbocycles. The highest BCUT2D eigenvalue weighted by atomic mass is 16.4. The van der Waals surface area contributed by atoms with Crippen molar-refractivity contribution in [3.8, 4) is 5.75 Å². The summed E-state index contributed by atoms with van der Waals surface area (Å²) in [4.78, 5) is 26.9. The first kappa shape index (κ1) is 14.1. The molecule has 2 aliphatic rings. The highest BCUT2D eigenvalue weighted by Gasteiger charge is 2.35. The summed E-state index contributed by atoms with van der Waals surface area (Å²) in [7, 11) is 0. The Balaban J connectivity index is 1.89. The first-order chi connectivity index (χ1) is 10.5. The Morgan fingerprint density at radius 1 is 1.41 bits per heavy atom. The number of benzene rings is 1. The van der Waals surface area contributed by atoms with Gasteiger partial charge in [0.2, 0.25) is 5.96 Å². The quantitative estimate of drug-likeness (QED) is 0.706. The number of carbonyl (C=O) groups is 2. The van der Waals surface area contributed by atoms with Crippen LogP contribution < -0.4 is 5.32 Å². The maximum absolute atomic E-state index is 11.4. The van der Waals surface area contributed by atoms with Gasteiger partial charge < -0.3 is 15.5 Å². The molecule has 3 rings (SSSR count). The SMILES string of the molecule is O=C1C=NN(C2=NCC(C(=O)O)C(c3cccc(O)c3)N2)C1. The number of ketones is 1. The summed E-state index contributed by atoms with van der Waals surface area (Å²) in [5.74, 6) is -1.48. The van der Waals surface area contributed by atoms with E-state index in [2.05, 4.69) is 15.4 Å². The van der Waals surface area contributed by atoms with Gasteiger partial charge in [-0.3, -0.25) is 14.6 Å². The first-order valence-electron chi connectivity index (χ1n) is 6.71. The minimum Gasteiger partial charge on any atom is -0.508 e. The van der Waals surface area contributed by atoms with Crippen LogP contribution in [-0.4, -0.2) is 52.2 Å². The second kappa shape index (κ2) is 5.47. The minimum absolute atomic E-state index is 0.0573. The number of Topliss-reactive ketones (excluding diaryl/α,β-unsaturated/α-hetero) is 1. The van der Waals surface area contributed by atoms with E-state index in [0.717, 1.165) is 0 Å². The van der Waals surface area contributed by atoms with Gasteiger partial charge in [0.1, 0.15) is 18.2 Å². The second-order valence-electron chi connectivity index (χ2n) is 5.09. The number of hydrogen-bond acceptors (Lipinski definition) is 7. The molecule has 0 amide bonds. The largest absolute Gasteiger partial charge is 0.508 e. The van der Waals surface area contributed by atoms with E-state index in [0.29, 0.717) is 11.5 Å². The predicted octanol–water partition coefficient (Wildman–Crippen LogP) is -0.0362. The molecule has 2 heterocycles. The number of nitrogens with zero attached hydrogens (tertiary/aromatic N) is 3. The zero-order valence-corrected chi connectivity index (χ0v) is 11.5. The molecule has 0 saturated heterocycles. The number of phenolic OH excluding ortho intramolecular Hbond substituents is 1. The van der Waals surface area contributed by atoms with Crippen LogP contribution in [0.4, 0.5) is 0 Å². The summed E-state index contributed by atoms with van der Waals surface area (Å²) in [5, 5.41) is 27.3. The number of aliphatic carboxylic acids is 1. The van der Waals surface area contributed by atoms with Crippen molar-refractivity contribution < 1.29 is 19.8 Å². The second-order valence-corrected chi connectivity index (χ2v) is 5.09. The summed E-state index contributed by atoms with van der Waals surface area (Å²) in [6.07, 6.45) is 1.21. The van der Waals surface area contributed by atoms with E-state index < -0.39 is 17.9 Å². The maximum Gasteiger partial charge on any atom is 0.310 e. The lowest BCUT2D eigenvalue weighted by Crippen LogP contribution is -2.48. The molecule has 1 aromatic rings. The van der Waals surface area contributed by atoms with Crippen LogP contribution in [0.3, 0.4) is 0 Å². The third kappa shape index (κ3) is 2.62. The molecule has 114 valence electrons. The van der Waals surface area contributed by atoms with Crippen molar-refractivity contribution in [3.05, 3.63) is 29.8 Å². The number of carboxylic acid groups (broad SMARTS) is 1. The molecule has 22 heavy (non-hydrogen) atoms. The van der Waals surface area contributed by atoms with Crippen LogP contribution in [0, 0.1) is 5.92 Å². The van der Waals surface area contributed by atoms with Crippen LogP contribution in [0.25, 0.3) is 0 Å². The fraction of sp³-hybridized carbons (Fsp3) is 0.286. The zero-order valence-electron chi connectivity index (χ0n) is 11.5. The molecule has 0 radical (unpaired) electrons. The predicted molar refractivity (Wildman–Crippen MR) is 77.6 cm³/mol. The molecular formula is C14H14N4O4. The molecular weight excluding hydrogens is 288 g/mol. The molecule has 0 bridgehead atoms. The molecule has 0 aromatic heterocycles. The van der Waals surface area contributed by atoms with Gasteiger partial charge in [-0.2, -0.15) is 5.10 Å². The number of guanidine groups is 1. The van der Waals surface area contributed by atoms with E-state index in [-0.39, 0.29) is 24.6 Å². The number of rotatable bonds is 2. The Morgan fingerprint density at radius 3 is 2.86 bits per heavy atom. The lowest BCUT2D eigenvalue weighted by atomic mass is 9.92.